The molecule has 2 aliphatic heterocycles. The standard InChI is InChI=1S/C12H22O2/c1-3-5-9-7-13-12-10(6-4-2)8-14-11(9)12/h9-12H,3-8H2,1-2H3/t9-,10+,11-,12-/m1/s1. The van der Waals surface area contributed by atoms with E-state index < -0.39 is 0 Å². The first-order chi connectivity index (χ1) is 6.86. The highest BCUT2D eigenvalue weighted by atomic mass is 16.6. The molecule has 82 valence electrons. The third-order valence-corrected chi connectivity index (χ3v) is 3.58. The quantitative estimate of drug-likeness (QED) is 0.691. The highest BCUT2D eigenvalue weighted by Crippen LogP contribution is 2.38. The second-order valence-electron chi connectivity index (χ2n) is 4.69. The second kappa shape index (κ2) is 4.63. The van der Waals surface area contributed by atoms with E-state index in [9.17, 15) is 0 Å². The maximum absolute atomic E-state index is 5.88. The molecule has 0 bridgehead atoms. The van der Waals surface area contributed by atoms with Crippen LogP contribution in [0.5, 0.6) is 0 Å². The van der Waals surface area contributed by atoms with E-state index in [1.165, 1.54) is 25.7 Å². The molecular formula is C12H22O2. The van der Waals surface area contributed by atoms with Gasteiger partial charge >= 0.3 is 0 Å². The van der Waals surface area contributed by atoms with Crippen molar-refractivity contribution in [2.45, 2.75) is 51.7 Å². The summed E-state index contributed by atoms with van der Waals surface area (Å²) in [5.74, 6) is 1.35. The number of hydrogen-bond donors (Lipinski definition) is 0. The summed E-state index contributed by atoms with van der Waals surface area (Å²) in [6.45, 7) is 6.35. The molecule has 2 fully saturated rings. The van der Waals surface area contributed by atoms with E-state index in [1.54, 1.807) is 0 Å². The van der Waals surface area contributed by atoms with Crippen LogP contribution in [0.4, 0.5) is 0 Å². The van der Waals surface area contributed by atoms with Gasteiger partial charge in [-0.2, -0.15) is 0 Å². The van der Waals surface area contributed by atoms with Crippen LogP contribution in [-0.4, -0.2) is 25.4 Å². The number of fused-ring (bicyclic) bond motifs is 1. The average Bonchev–Trinajstić information content (AvgIpc) is 2.72. The lowest BCUT2D eigenvalue weighted by atomic mass is 9.91. The Kier molecular flexibility index (Phi) is 3.45. The zero-order valence-corrected chi connectivity index (χ0v) is 9.37. The van der Waals surface area contributed by atoms with Crippen molar-refractivity contribution >= 4 is 0 Å². The van der Waals surface area contributed by atoms with E-state index in [-0.39, 0.29) is 0 Å². The number of ether oxygens (including phenoxy) is 2. The molecule has 2 aliphatic rings. The number of hydrogen-bond acceptors (Lipinski definition) is 2. The third kappa shape index (κ3) is 1.82. The van der Waals surface area contributed by atoms with Gasteiger partial charge in [-0.1, -0.05) is 26.7 Å². The summed E-state index contributed by atoms with van der Waals surface area (Å²) in [6.07, 6.45) is 5.87. The Morgan fingerprint density at radius 2 is 1.29 bits per heavy atom. The van der Waals surface area contributed by atoms with Gasteiger partial charge < -0.3 is 9.47 Å². The minimum atomic E-state index is 0.423. The van der Waals surface area contributed by atoms with E-state index in [0.29, 0.717) is 24.0 Å². The summed E-state index contributed by atoms with van der Waals surface area (Å²) in [4.78, 5) is 0. The van der Waals surface area contributed by atoms with Crippen LogP contribution < -0.4 is 0 Å². The molecule has 0 N–H and O–H groups in total. The minimum Gasteiger partial charge on any atom is -0.375 e. The van der Waals surface area contributed by atoms with Crippen LogP contribution in [0, 0.1) is 11.8 Å². The Balaban J connectivity index is 1.90. The topological polar surface area (TPSA) is 18.5 Å². The van der Waals surface area contributed by atoms with Crippen molar-refractivity contribution in [2.75, 3.05) is 13.2 Å². The molecule has 2 heteroatoms. The molecule has 0 aromatic carbocycles. The van der Waals surface area contributed by atoms with Gasteiger partial charge in [-0.05, 0) is 12.8 Å². The van der Waals surface area contributed by atoms with Crippen molar-refractivity contribution in [3.8, 4) is 0 Å². The highest BCUT2D eigenvalue weighted by Gasteiger charge is 2.46. The maximum Gasteiger partial charge on any atom is 0.0890 e. The molecule has 2 saturated heterocycles. The lowest BCUT2D eigenvalue weighted by Crippen LogP contribution is -2.25. The van der Waals surface area contributed by atoms with Gasteiger partial charge in [-0.3, -0.25) is 0 Å². The van der Waals surface area contributed by atoms with Crippen LogP contribution in [0.1, 0.15) is 39.5 Å². The monoisotopic (exact) mass is 198 g/mol. The fraction of sp³-hybridized carbons (Fsp3) is 1.00. The van der Waals surface area contributed by atoms with Gasteiger partial charge in [0.15, 0.2) is 0 Å². The molecule has 0 aromatic rings. The van der Waals surface area contributed by atoms with E-state index in [2.05, 4.69) is 13.8 Å². The molecule has 2 nitrogen and oxygen atoms in total. The summed E-state index contributed by atoms with van der Waals surface area (Å²) >= 11 is 0. The Bertz CT molecular complexity index is 161. The van der Waals surface area contributed by atoms with Gasteiger partial charge in [0.25, 0.3) is 0 Å². The zero-order valence-electron chi connectivity index (χ0n) is 9.37. The van der Waals surface area contributed by atoms with Gasteiger partial charge in [-0.15, -0.1) is 0 Å². The number of rotatable bonds is 4. The fourth-order valence-corrected chi connectivity index (χ4v) is 2.89. The largest absolute Gasteiger partial charge is 0.375 e. The van der Waals surface area contributed by atoms with Gasteiger partial charge in [-0.25, -0.2) is 0 Å². The second-order valence-corrected chi connectivity index (χ2v) is 4.69. The van der Waals surface area contributed by atoms with E-state index in [4.69, 9.17) is 9.47 Å². The van der Waals surface area contributed by atoms with Crippen molar-refractivity contribution < 1.29 is 9.47 Å². The van der Waals surface area contributed by atoms with Gasteiger partial charge in [0.2, 0.25) is 0 Å². The van der Waals surface area contributed by atoms with Gasteiger partial charge in [0.05, 0.1) is 25.4 Å². The molecule has 2 heterocycles. The maximum atomic E-state index is 5.88. The van der Waals surface area contributed by atoms with Crippen LogP contribution in [-0.2, 0) is 9.47 Å². The fourth-order valence-electron chi connectivity index (χ4n) is 2.89. The van der Waals surface area contributed by atoms with E-state index in [1.807, 2.05) is 0 Å². The first-order valence-electron chi connectivity index (χ1n) is 6.10. The molecule has 0 amide bonds. The van der Waals surface area contributed by atoms with Crippen LogP contribution in [0.3, 0.4) is 0 Å². The Morgan fingerprint density at radius 3 is 1.64 bits per heavy atom. The highest BCUT2D eigenvalue weighted by molar-refractivity contribution is 4.93. The Morgan fingerprint density at radius 1 is 0.857 bits per heavy atom. The predicted octanol–water partition coefficient (Wildman–Crippen LogP) is 2.62. The summed E-state index contributed by atoms with van der Waals surface area (Å²) in [5, 5.41) is 0. The first kappa shape index (κ1) is 10.4. The molecule has 0 saturated carbocycles. The molecule has 0 aliphatic carbocycles. The van der Waals surface area contributed by atoms with Crippen LogP contribution in [0.25, 0.3) is 0 Å². The normalized spacial score (nSPS) is 41.6. The van der Waals surface area contributed by atoms with Crippen molar-refractivity contribution in [3.05, 3.63) is 0 Å². The SMILES string of the molecule is CCC[C@@H]1CO[C@@H]2[C@@H](CCC)CO[C@H]12. The van der Waals surface area contributed by atoms with E-state index >= 15 is 0 Å². The average molecular weight is 198 g/mol. The van der Waals surface area contributed by atoms with Gasteiger partial charge in [0, 0.05) is 11.8 Å². The van der Waals surface area contributed by atoms with Crippen LogP contribution in [0.15, 0.2) is 0 Å². The molecule has 4 atom stereocenters. The molecule has 0 spiro atoms. The lowest BCUT2D eigenvalue weighted by molar-refractivity contribution is 0.0592. The van der Waals surface area contributed by atoms with E-state index in [0.717, 1.165) is 13.2 Å². The zero-order chi connectivity index (χ0) is 9.97. The summed E-state index contributed by atoms with van der Waals surface area (Å²) in [5.41, 5.74) is 0. The molecular weight excluding hydrogens is 176 g/mol. The summed E-state index contributed by atoms with van der Waals surface area (Å²) < 4.78 is 11.8. The Labute approximate surface area is 87.0 Å². The first-order valence-corrected chi connectivity index (χ1v) is 6.10. The van der Waals surface area contributed by atoms with Crippen molar-refractivity contribution in [2.24, 2.45) is 11.8 Å². The molecule has 2 rings (SSSR count). The molecule has 0 radical (unpaired) electrons. The lowest BCUT2D eigenvalue weighted by Gasteiger charge is -2.15. The minimum absolute atomic E-state index is 0.423. The predicted molar refractivity (Wildman–Crippen MR) is 56.3 cm³/mol. The smallest absolute Gasteiger partial charge is 0.0890 e. The molecule has 14 heavy (non-hydrogen) atoms. The molecule has 0 aromatic heterocycles. The van der Waals surface area contributed by atoms with Crippen LogP contribution >= 0.6 is 0 Å². The third-order valence-electron chi connectivity index (χ3n) is 3.58. The summed E-state index contributed by atoms with van der Waals surface area (Å²) in [7, 11) is 0. The van der Waals surface area contributed by atoms with Crippen molar-refractivity contribution in [3.63, 3.8) is 0 Å². The van der Waals surface area contributed by atoms with Crippen LogP contribution in [0.2, 0.25) is 0 Å². The van der Waals surface area contributed by atoms with Crippen molar-refractivity contribution in [1.29, 1.82) is 0 Å². The van der Waals surface area contributed by atoms with Crippen molar-refractivity contribution in [1.82, 2.24) is 0 Å². The Hall–Kier alpha value is -0.0800. The van der Waals surface area contributed by atoms with Gasteiger partial charge in [0.1, 0.15) is 0 Å². The molecule has 0 unspecified atom stereocenters. The summed E-state index contributed by atoms with van der Waals surface area (Å²) in [6, 6.07) is 0.